The fourth-order valence-corrected chi connectivity index (χ4v) is 5.31. The first-order valence-electron chi connectivity index (χ1n) is 8.99. The molecule has 2 saturated carbocycles. The smallest absolute Gasteiger partial charge is 0.231 e. The Morgan fingerprint density at radius 3 is 2.72 bits per heavy atom. The van der Waals surface area contributed by atoms with Gasteiger partial charge in [0.1, 0.15) is 6.33 Å². The Labute approximate surface area is 152 Å². The zero-order valence-electron chi connectivity index (χ0n) is 14.6. The molecule has 1 aromatic heterocycles. The normalized spacial score (nSPS) is 23.7. The minimum Gasteiger partial charge on any atom is -0.354 e. The van der Waals surface area contributed by atoms with Crippen LogP contribution in [0.3, 0.4) is 0 Å². The number of hydrogen-bond acceptors (Lipinski definition) is 4. The molecule has 2 fully saturated rings. The van der Waals surface area contributed by atoms with Gasteiger partial charge in [0.05, 0.1) is 5.41 Å². The summed E-state index contributed by atoms with van der Waals surface area (Å²) in [6.07, 6.45) is 7.57. The fourth-order valence-electron chi connectivity index (χ4n) is 4.56. The van der Waals surface area contributed by atoms with Gasteiger partial charge in [0, 0.05) is 19.3 Å². The lowest BCUT2D eigenvalue weighted by atomic mass is 9.84. The van der Waals surface area contributed by atoms with Crippen molar-refractivity contribution < 1.29 is 4.79 Å². The fraction of sp³-hybridized carbons (Fsp3) is 0.526. The van der Waals surface area contributed by atoms with E-state index < -0.39 is 0 Å². The zero-order chi connectivity index (χ0) is 17.3. The molecule has 1 aromatic carbocycles. The van der Waals surface area contributed by atoms with Crippen LogP contribution in [0.15, 0.2) is 41.8 Å². The number of nitrogens with zero attached hydrogens (tertiary/aromatic N) is 3. The standard InChI is InChI=1S/C19H24N4OS/c1-23-14-21-22-17(23)25-12-11-20-16(24)19(15-7-3-2-4-8-15)13-18(19)9-5-6-10-18/h2-4,7-8,14H,5-6,9-13H2,1H3,(H,20,24). The SMILES string of the molecule is Cn1cnnc1SCCNC(=O)C1(c2ccccc2)CC12CCCC2. The van der Waals surface area contributed by atoms with E-state index >= 15 is 0 Å². The summed E-state index contributed by atoms with van der Waals surface area (Å²) >= 11 is 1.62. The van der Waals surface area contributed by atoms with Crippen molar-refractivity contribution in [3.05, 3.63) is 42.2 Å². The number of carbonyl (C=O) groups excluding carboxylic acids is 1. The molecule has 1 atom stereocenters. The van der Waals surface area contributed by atoms with E-state index in [4.69, 9.17) is 0 Å². The van der Waals surface area contributed by atoms with Crippen LogP contribution in [-0.2, 0) is 17.3 Å². The molecule has 5 nitrogen and oxygen atoms in total. The number of hydrogen-bond donors (Lipinski definition) is 1. The van der Waals surface area contributed by atoms with Crippen molar-refractivity contribution in [3.63, 3.8) is 0 Å². The highest BCUT2D eigenvalue weighted by molar-refractivity contribution is 7.99. The van der Waals surface area contributed by atoms with Crippen LogP contribution in [-0.4, -0.2) is 33.0 Å². The van der Waals surface area contributed by atoms with Gasteiger partial charge in [-0.05, 0) is 30.2 Å². The molecule has 0 bridgehead atoms. The van der Waals surface area contributed by atoms with Crippen LogP contribution in [0.5, 0.6) is 0 Å². The Morgan fingerprint density at radius 1 is 1.28 bits per heavy atom. The van der Waals surface area contributed by atoms with Crippen molar-refractivity contribution >= 4 is 17.7 Å². The third-order valence-electron chi connectivity index (χ3n) is 5.89. The number of aryl methyl sites for hydroxylation is 1. The van der Waals surface area contributed by atoms with Gasteiger partial charge in [0.25, 0.3) is 0 Å². The van der Waals surface area contributed by atoms with E-state index in [9.17, 15) is 4.79 Å². The van der Waals surface area contributed by atoms with Crippen molar-refractivity contribution in [1.82, 2.24) is 20.1 Å². The lowest BCUT2D eigenvalue weighted by Crippen LogP contribution is -2.39. The quantitative estimate of drug-likeness (QED) is 0.639. The van der Waals surface area contributed by atoms with Crippen LogP contribution >= 0.6 is 11.8 Å². The van der Waals surface area contributed by atoms with E-state index in [-0.39, 0.29) is 16.7 Å². The van der Waals surface area contributed by atoms with Crippen LogP contribution in [0.1, 0.15) is 37.7 Å². The third kappa shape index (κ3) is 2.76. The Balaban J connectivity index is 1.42. The van der Waals surface area contributed by atoms with Gasteiger partial charge in [-0.15, -0.1) is 10.2 Å². The lowest BCUT2D eigenvalue weighted by molar-refractivity contribution is -0.124. The summed E-state index contributed by atoms with van der Waals surface area (Å²) < 4.78 is 1.90. The molecular weight excluding hydrogens is 332 g/mol. The second kappa shape index (κ2) is 6.48. The van der Waals surface area contributed by atoms with Gasteiger partial charge in [0.2, 0.25) is 5.91 Å². The van der Waals surface area contributed by atoms with Gasteiger partial charge in [-0.3, -0.25) is 4.79 Å². The number of benzene rings is 1. The molecule has 1 spiro atoms. The Hall–Kier alpha value is -1.82. The molecule has 132 valence electrons. The van der Waals surface area contributed by atoms with E-state index in [1.165, 1.54) is 31.2 Å². The van der Waals surface area contributed by atoms with Crippen LogP contribution < -0.4 is 5.32 Å². The van der Waals surface area contributed by atoms with E-state index in [0.717, 1.165) is 17.3 Å². The first-order valence-corrected chi connectivity index (χ1v) is 9.97. The number of amides is 1. The topological polar surface area (TPSA) is 59.8 Å². The first kappa shape index (κ1) is 16.6. The molecule has 0 aliphatic heterocycles. The predicted molar refractivity (Wildman–Crippen MR) is 98.4 cm³/mol. The van der Waals surface area contributed by atoms with Crippen LogP contribution in [0.25, 0.3) is 0 Å². The third-order valence-corrected chi connectivity index (χ3v) is 6.92. The maximum absolute atomic E-state index is 13.2. The maximum atomic E-state index is 13.2. The minimum absolute atomic E-state index is 0.204. The highest BCUT2D eigenvalue weighted by Gasteiger charge is 2.72. The van der Waals surface area contributed by atoms with E-state index in [2.05, 4.69) is 39.8 Å². The summed E-state index contributed by atoms with van der Waals surface area (Å²) in [6.45, 7) is 0.654. The van der Waals surface area contributed by atoms with Gasteiger partial charge < -0.3 is 9.88 Å². The molecule has 1 N–H and O–H groups in total. The number of nitrogens with one attached hydrogen (secondary N) is 1. The Morgan fingerprint density at radius 2 is 2.04 bits per heavy atom. The van der Waals surface area contributed by atoms with Gasteiger partial charge in [0.15, 0.2) is 5.16 Å². The predicted octanol–water partition coefficient (Wildman–Crippen LogP) is 2.93. The number of thioether (sulfide) groups is 1. The van der Waals surface area contributed by atoms with Gasteiger partial charge in [-0.1, -0.05) is 54.9 Å². The van der Waals surface area contributed by atoms with Crippen molar-refractivity contribution in [2.24, 2.45) is 12.5 Å². The molecule has 2 aliphatic carbocycles. The van der Waals surface area contributed by atoms with Crippen LogP contribution in [0.4, 0.5) is 0 Å². The Bertz CT molecular complexity index is 754. The maximum Gasteiger partial charge on any atom is 0.231 e. The summed E-state index contributed by atoms with van der Waals surface area (Å²) in [5.74, 6) is 1.01. The van der Waals surface area contributed by atoms with Crippen LogP contribution in [0, 0.1) is 5.41 Å². The minimum atomic E-state index is -0.305. The van der Waals surface area contributed by atoms with Crippen LogP contribution in [0.2, 0.25) is 0 Å². The van der Waals surface area contributed by atoms with Crippen molar-refractivity contribution in [2.75, 3.05) is 12.3 Å². The monoisotopic (exact) mass is 356 g/mol. The summed E-state index contributed by atoms with van der Waals surface area (Å²) in [7, 11) is 1.93. The lowest BCUT2D eigenvalue weighted by Gasteiger charge is -2.22. The average Bonchev–Trinajstić information content (AvgIpc) is 2.89. The van der Waals surface area contributed by atoms with E-state index in [1.807, 2.05) is 17.7 Å². The highest BCUT2D eigenvalue weighted by atomic mass is 32.2. The van der Waals surface area contributed by atoms with Gasteiger partial charge in [-0.25, -0.2) is 0 Å². The van der Waals surface area contributed by atoms with Gasteiger partial charge in [-0.2, -0.15) is 0 Å². The summed E-state index contributed by atoms with van der Waals surface area (Å²) in [4.78, 5) is 13.2. The number of carbonyl (C=O) groups is 1. The molecular formula is C19H24N4OS. The first-order chi connectivity index (χ1) is 12.2. The molecule has 1 unspecified atom stereocenters. The van der Waals surface area contributed by atoms with E-state index in [1.54, 1.807) is 18.1 Å². The molecule has 4 rings (SSSR count). The number of rotatable bonds is 6. The molecule has 0 radical (unpaired) electrons. The summed E-state index contributed by atoms with van der Waals surface area (Å²) in [6, 6.07) is 10.4. The highest BCUT2D eigenvalue weighted by Crippen LogP contribution is 2.72. The number of aromatic nitrogens is 3. The second-order valence-corrected chi connectivity index (χ2v) is 8.33. The molecule has 0 saturated heterocycles. The van der Waals surface area contributed by atoms with Crippen molar-refractivity contribution in [2.45, 2.75) is 42.7 Å². The summed E-state index contributed by atoms with van der Waals surface area (Å²) in [5.41, 5.74) is 1.09. The largest absolute Gasteiger partial charge is 0.354 e. The molecule has 25 heavy (non-hydrogen) atoms. The zero-order valence-corrected chi connectivity index (χ0v) is 15.4. The summed E-state index contributed by atoms with van der Waals surface area (Å²) in [5, 5.41) is 12.0. The Kier molecular flexibility index (Phi) is 4.31. The molecule has 6 heteroatoms. The van der Waals surface area contributed by atoms with E-state index in [0.29, 0.717) is 6.54 Å². The second-order valence-electron chi connectivity index (χ2n) is 7.26. The molecule has 1 amide bonds. The average molecular weight is 356 g/mol. The van der Waals surface area contributed by atoms with Crippen molar-refractivity contribution in [3.8, 4) is 0 Å². The molecule has 2 aromatic rings. The van der Waals surface area contributed by atoms with Gasteiger partial charge >= 0.3 is 0 Å². The molecule has 2 aliphatic rings. The van der Waals surface area contributed by atoms with Crippen molar-refractivity contribution in [1.29, 1.82) is 0 Å². The molecule has 1 heterocycles.